The molecule has 3 rings (SSSR count). The second-order valence-corrected chi connectivity index (χ2v) is 5.72. The summed E-state index contributed by atoms with van der Waals surface area (Å²) in [7, 11) is 0. The Kier molecular flexibility index (Phi) is 4.73. The second-order valence-electron chi connectivity index (χ2n) is 5.72. The summed E-state index contributed by atoms with van der Waals surface area (Å²) in [5.74, 6) is -3.26. The van der Waals surface area contributed by atoms with Gasteiger partial charge in [0.1, 0.15) is 17.1 Å². The van der Waals surface area contributed by atoms with Crippen LogP contribution in [0.2, 0.25) is 0 Å². The lowest BCUT2D eigenvalue weighted by atomic mass is 9.97. The van der Waals surface area contributed by atoms with Crippen molar-refractivity contribution in [1.82, 2.24) is 10.2 Å². The van der Waals surface area contributed by atoms with E-state index in [1.54, 1.807) is 5.10 Å². The summed E-state index contributed by atoms with van der Waals surface area (Å²) in [4.78, 5) is 0. The van der Waals surface area contributed by atoms with E-state index in [-0.39, 0.29) is 11.1 Å². The molecule has 0 spiro atoms. The van der Waals surface area contributed by atoms with E-state index >= 15 is 0 Å². The largest absolute Gasteiger partial charge is 0.573 e. The number of aromatic nitrogens is 2. The van der Waals surface area contributed by atoms with Gasteiger partial charge in [0, 0.05) is 11.1 Å². The first kappa shape index (κ1) is 20.2. The zero-order valence-electron chi connectivity index (χ0n) is 13.9. The van der Waals surface area contributed by atoms with Crippen LogP contribution in [0.1, 0.15) is 5.69 Å². The number of aromatic hydroxyl groups is 3. The summed E-state index contributed by atoms with van der Waals surface area (Å²) in [5, 5.41) is 34.3. The van der Waals surface area contributed by atoms with Crippen LogP contribution < -0.4 is 4.74 Å². The van der Waals surface area contributed by atoms with Gasteiger partial charge < -0.3 is 20.1 Å². The Labute approximate surface area is 157 Å². The number of rotatable bonds is 3. The lowest BCUT2D eigenvalue weighted by molar-refractivity contribution is -0.274. The predicted molar refractivity (Wildman–Crippen MR) is 86.1 cm³/mol. The average molecular weight is 420 g/mol. The van der Waals surface area contributed by atoms with Crippen LogP contribution in [-0.2, 0) is 6.18 Å². The maximum Gasteiger partial charge on any atom is 0.573 e. The summed E-state index contributed by atoms with van der Waals surface area (Å²) in [5.41, 5.74) is -2.91. The number of ether oxygens (including phenoxy) is 1. The van der Waals surface area contributed by atoms with Gasteiger partial charge in [0.15, 0.2) is 11.5 Å². The average Bonchev–Trinajstić information content (AvgIpc) is 3.04. The van der Waals surface area contributed by atoms with Crippen molar-refractivity contribution in [3.8, 4) is 45.4 Å². The minimum atomic E-state index is -4.98. The van der Waals surface area contributed by atoms with Crippen LogP contribution in [0.15, 0.2) is 36.4 Å². The van der Waals surface area contributed by atoms with Crippen molar-refractivity contribution in [2.75, 3.05) is 0 Å². The van der Waals surface area contributed by atoms with Gasteiger partial charge in [-0.3, -0.25) is 5.10 Å². The number of halogens is 6. The van der Waals surface area contributed by atoms with Gasteiger partial charge in [-0.15, -0.1) is 13.2 Å². The lowest BCUT2D eigenvalue weighted by Gasteiger charge is -2.12. The fourth-order valence-electron chi connectivity index (χ4n) is 2.61. The molecule has 29 heavy (non-hydrogen) atoms. The van der Waals surface area contributed by atoms with E-state index in [0.717, 1.165) is 36.4 Å². The first-order valence-corrected chi connectivity index (χ1v) is 7.64. The topological polar surface area (TPSA) is 98.6 Å². The number of hydrogen-bond donors (Lipinski definition) is 4. The number of nitrogens with zero attached hydrogens (tertiary/aromatic N) is 1. The fraction of sp³-hybridized carbons (Fsp3) is 0.118. The molecule has 6 nitrogen and oxygen atoms in total. The maximum atomic E-state index is 13.4. The molecule has 0 aliphatic rings. The Bertz CT molecular complexity index is 1040. The normalized spacial score (nSPS) is 12.2. The number of nitrogens with one attached hydrogen (secondary N) is 1. The van der Waals surface area contributed by atoms with E-state index in [1.165, 1.54) is 0 Å². The van der Waals surface area contributed by atoms with E-state index in [4.69, 9.17) is 0 Å². The molecule has 3 aromatic rings. The number of phenolic OH excluding ortho intramolecular Hbond substituents is 3. The van der Waals surface area contributed by atoms with E-state index < -0.39 is 52.5 Å². The quantitative estimate of drug-likeness (QED) is 0.361. The SMILES string of the molecule is Oc1ccc(-c2n[nH]c(C(F)(F)F)c2-c2ccc(OC(F)(F)F)cc2)c(O)c1O. The maximum absolute atomic E-state index is 13.4. The Morgan fingerprint density at radius 2 is 1.45 bits per heavy atom. The molecule has 0 aliphatic heterocycles. The van der Waals surface area contributed by atoms with Gasteiger partial charge in [-0.25, -0.2) is 0 Å². The first-order valence-electron chi connectivity index (χ1n) is 7.64. The standard InChI is InChI=1S/C17H10F6N2O4/c18-16(19,20)15-11(7-1-3-8(4-2-7)29-17(21,22)23)12(24-25-15)9-5-6-10(26)14(28)13(9)27/h1-6,26-28H,(H,24,25). The van der Waals surface area contributed by atoms with Gasteiger partial charge >= 0.3 is 12.5 Å². The minimum Gasteiger partial charge on any atom is -0.504 e. The lowest BCUT2D eigenvalue weighted by Crippen LogP contribution is -2.16. The number of alkyl halides is 6. The Hall–Kier alpha value is -3.57. The van der Waals surface area contributed by atoms with Gasteiger partial charge in [-0.2, -0.15) is 18.3 Å². The molecular formula is C17H10F6N2O4. The van der Waals surface area contributed by atoms with Gasteiger partial charge in [-0.1, -0.05) is 12.1 Å². The summed E-state index contributed by atoms with van der Waals surface area (Å²) in [6.07, 6.45) is -9.90. The number of H-pyrrole nitrogens is 1. The van der Waals surface area contributed by atoms with Gasteiger partial charge in [0.05, 0.1) is 0 Å². The monoisotopic (exact) mass is 420 g/mol. The van der Waals surface area contributed by atoms with Gasteiger partial charge in [0.25, 0.3) is 0 Å². The molecule has 154 valence electrons. The van der Waals surface area contributed by atoms with Crippen LogP contribution in [0.5, 0.6) is 23.0 Å². The van der Waals surface area contributed by atoms with E-state index in [9.17, 15) is 41.7 Å². The third-order valence-corrected chi connectivity index (χ3v) is 3.81. The molecule has 0 bridgehead atoms. The third kappa shape index (κ3) is 4.00. The highest BCUT2D eigenvalue weighted by molar-refractivity contribution is 5.87. The molecule has 0 unspecified atom stereocenters. The zero-order valence-corrected chi connectivity index (χ0v) is 13.9. The van der Waals surface area contributed by atoms with Crippen molar-refractivity contribution >= 4 is 0 Å². The number of benzene rings is 2. The third-order valence-electron chi connectivity index (χ3n) is 3.81. The second kappa shape index (κ2) is 6.79. The van der Waals surface area contributed by atoms with Crippen LogP contribution in [-0.4, -0.2) is 31.9 Å². The molecule has 1 heterocycles. The van der Waals surface area contributed by atoms with Crippen molar-refractivity contribution in [3.05, 3.63) is 42.1 Å². The zero-order chi connectivity index (χ0) is 21.6. The molecular weight excluding hydrogens is 410 g/mol. The van der Waals surface area contributed by atoms with Crippen molar-refractivity contribution < 1.29 is 46.4 Å². The van der Waals surface area contributed by atoms with E-state index in [2.05, 4.69) is 9.84 Å². The highest BCUT2D eigenvalue weighted by Crippen LogP contribution is 2.47. The number of phenols is 3. The molecule has 4 N–H and O–H groups in total. The molecule has 0 saturated carbocycles. The highest BCUT2D eigenvalue weighted by Gasteiger charge is 2.38. The van der Waals surface area contributed by atoms with E-state index in [1.807, 2.05) is 0 Å². The molecule has 1 aromatic heterocycles. The predicted octanol–water partition coefficient (Wildman–Crippen LogP) is 4.78. The first-order chi connectivity index (χ1) is 13.4. The molecule has 0 radical (unpaired) electrons. The molecule has 0 aliphatic carbocycles. The van der Waals surface area contributed by atoms with Crippen LogP contribution in [0.4, 0.5) is 26.3 Å². The minimum absolute atomic E-state index is 0.192. The molecule has 0 saturated heterocycles. The smallest absolute Gasteiger partial charge is 0.504 e. The molecule has 12 heteroatoms. The number of aromatic amines is 1. The molecule has 0 atom stereocenters. The van der Waals surface area contributed by atoms with Crippen LogP contribution in [0, 0.1) is 0 Å². The Balaban J connectivity index is 2.18. The highest BCUT2D eigenvalue weighted by atomic mass is 19.4. The molecule has 2 aromatic carbocycles. The van der Waals surface area contributed by atoms with E-state index in [0.29, 0.717) is 0 Å². The van der Waals surface area contributed by atoms with Crippen molar-refractivity contribution in [3.63, 3.8) is 0 Å². The summed E-state index contributed by atoms with van der Waals surface area (Å²) < 4.78 is 80.8. The summed E-state index contributed by atoms with van der Waals surface area (Å²) in [6.45, 7) is 0. The Morgan fingerprint density at radius 1 is 0.828 bits per heavy atom. The van der Waals surface area contributed by atoms with Gasteiger partial charge in [-0.05, 0) is 29.8 Å². The van der Waals surface area contributed by atoms with Crippen molar-refractivity contribution in [2.45, 2.75) is 12.5 Å². The Morgan fingerprint density at radius 3 is 2.00 bits per heavy atom. The van der Waals surface area contributed by atoms with Crippen LogP contribution in [0.3, 0.4) is 0 Å². The van der Waals surface area contributed by atoms with Crippen molar-refractivity contribution in [1.29, 1.82) is 0 Å². The molecule has 0 amide bonds. The van der Waals surface area contributed by atoms with Crippen LogP contribution in [0.25, 0.3) is 22.4 Å². The fourth-order valence-corrected chi connectivity index (χ4v) is 2.61. The van der Waals surface area contributed by atoms with Gasteiger partial charge in [0.2, 0.25) is 5.75 Å². The molecule has 0 fully saturated rings. The summed E-state index contributed by atoms with van der Waals surface area (Å²) in [6, 6.07) is 5.47. The number of hydrogen-bond acceptors (Lipinski definition) is 5. The van der Waals surface area contributed by atoms with Crippen molar-refractivity contribution in [2.24, 2.45) is 0 Å². The van der Waals surface area contributed by atoms with Crippen LogP contribution >= 0.6 is 0 Å². The summed E-state index contributed by atoms with van der Waals surface area (Å²) >= 11 is 0.